The number of nitrogens with zero attached hydrogens (tertiary/aromatic N) is 3. The molecule has 9 heteroatoms. The van der Waals surface area contributed by atoms with E-state index >= 15 is 0 Å². The zero-order valence-corrected chi connectivity index (χ0v) is 15.2. The molecule has 0 radical (unpaired) electrons. The van der Waals surface area contributed by atoms with Crippen molar-refractivity contribution >= 4 is 45.9 Å². The summed E-state index contributed by atoms with van der Waals surface area (Å²) >= 11 is 6.10. The topological polar surface area (TPSA) is 123 Å². The van der Waals surface area contributed by atoms with Crippen LogP contribution in [-0.4, -0.2) is 35.0 Å². The van der Waals surface area contributed by atoms with Gasteiger partial charge in [0.2, 0.25) is 5.88 Å². The molecular weight excluding hydrogens is 368 g/mol. The van der Waals surface area contributed by atoms with Crippen molar-refractivity contribution < 1.29 is 9.21 Å². The molecule has 8 nitrogen and oxygen atoms in total. The minimum Gasteiger partial charge on any atom is -0.437 e. The van der Waals surface area contributed by atoms with E-state index in [1.165, 1.54) is 6.20 Å². The van der Waals surface area contributed by atoms with E-state index in [1.807, 2.05) is 6.07 Å². The number of rotatable bonds is 3. The number of nitrogens with two attached hydrogens (primary N) is 2. The van der Waals surface area contributed by atoms with E-state index < -0.39 is 5.91 Å². The standard InChI is InChI=1S/C18H19ClN6O2/c19-11-3-6-23-15-14(17(21)27-16(11)15)18(26)24-12-8-22-5-4-13(12)25-7-1-2-10(20)9-25/h3-6,8,10H,1-2,7,9,20-21H2,(H,24,26). The number of fused-ring (bicyclic) bond motifs is 1. The summed E-state index contributed by atoms with van der Waals surface area (Å²) in [5.41, 5.74) is 14.2. The van der Waals surface area contributed by atoms with E-state index in [9.17, 15) is 4.79 Å². The zero-order chi connectivity index (χ0) is 19.0. The van der Waals surface area contributed by atoms with Crippen LogP contribution in [0.3, 0.4) is 0 Å². The molecule has 1 amide bonds. The maximum absolute atomic E-state index is 12.9. The van der Waals surface area contributed by atoms with Crippen LogP contribution >= 0.6 is 11.6 Å². The van der Waals surface area contributed by atoms with E-state index in [1.54, 1.807) is 18.5 Å². The van der Waals surface area contributed by atoms with Gasteiger partial charge < -0.3 is 26.1 Å². The molecule has 3 aromatic rings. The number of hydrogen-bond acceptors (Lipinski definition) is 7. The van der Waals surface area contributed by atoms with Crippen molar-refractivity contribution in [2.24, 2.45) is 5.73 Å². The molecule has 1 aliphatic rings. The lowest BCUT2D eigenvalue weighted by atomic mass is 10.1. The first-order valence-electron chi connectivity index (χ1n) is 8.63. The van der Waals surface area contributed by atoms with Gasteiger partial charge in [0, 0.05) is 31.5 Å². The van der Waals surface area contributed by atoms with Crippen LogP contribution in [0.5, 0.6) is 0 Å². The molecule has 5 N–H and O–H groups in total. The number of halogens is 1. The third-order valence-corrected chi connectivity index (χ3v) is 4.92. The van der Waals surface area contributed by atoms with Gasteiger partial charge in [-0.15, -0.1) is 0 Å². The Kier molecular flexibility index (Phi) is 4.59. The van der Waals surface area contributed by atoms with E-state index in [2.05, 4.69) is 20.2 Å². The predicted molar refractivity (Wildman–Crippen MR) is 105 cm³/mol. The second-order valence-corrected chi connectivity index (χ2v) is 6.91. The number of nitrogens with one attached hydrogen (secondary N) is 1. The van der Waals surface area contributed by atoms with Crippen molar-refractivity contribution in [3.63, 3.8) is 0 Å². The van der Waals surface area contributed by atoms with Crippen LogP contribution in [0.15, 0.2) is 35.1 Å². The molecule has 0 saturated carbocycles. The van der Waals surface area contributed by atoms with Crippen molar-refractivity contribution in [3.8, 4) is 0 Å². The first-order chi connectivity index (χ1) is 13.0. The maximum Gasteiger partial charge on any atom is 0.263 e. The fraction of sp³-hybridized carbons (Fsp3) is 0.278. The number of anilines is 3. The number of aromatic nitrogens is 2. The van der Waals surface area contributed by atoms with Gasteiger partial charge in [-0.2, -0.15) is 0 Å². The molecule has 4 rings (SSSR count). The van der Waals surface area contributed by atoms with Gasteiger partial charge in [-0.1, -0.05) is 11.6 Å². The first kappa shape index (κ1) is 17.6. The summed E-state index contributed by atoms with van der Waals surface area (Å²) < 4.78 is 5.43. The van der Waals surface area contributed by atoms with Crippen molar-refractivity contribution in [1.82, 2.24) is 9.97 Å². The Balaban J connectivity index is 1.67. The molecule has 3 aromatic heterocycles. The van der Waals surface area contributed by atoms with Gasteiger partial charge in [0.1, 0.15) is 11.1 Å². The Bertz CT molecular complexity index is 1000. The minimum atomic E-state index is -0.434. The van der Waals surface area contributed by atoms with E-state index in [0.717, 1.165) is 31.6 Å². The van der Waals surface area contributed by atoms with Crippen molar-refractivity contribution in [3.05, 3.63) is 41.3 Å². The minimum absolute atomic E-state index is 0.0338. The second kappa shape index (κ2) is 7.05. The monoisotopic (exact) mass is 386 g/mol. The molecular formula is C18H19ClN6O2. The van der Waals surface area contributed by atoms with Crippen LogP contribution < -0.4 is 21.7 Å². The number of carbonyl (C=O) groups is 1. The molecule has 0 aromatic carbocycles. The van der Waals surface area contributed by atoms with Gasteiger partial charge in [-0.05, 0) is 25.0 Å². The number of amides is 1. The predicted octanol–water partition coefficient (Wildman–Crippen LogP) is 2.64. The molecule has 4 heterocycles. The third kappa shape index (κ3) is 3.29. The number of furan rings is 1. The normalized spacial score (nSPS) is 17.3. The summed E-state index contributed by atoms with van der Waals surface area (Å²) in [5.74, 6) is -0.467. The summed E-state index contributed by atoms with van der Waals surface area (Å²) in [5, 5.41) is 3.21. The third-order valence-electron chi connectivity index (χ3n) is 4.62. The summed E-state index contributed by atoms with van der Waals surface area (Å²) in [6.45, 7) is 1.59. The van der Waals surface area contributed by atoms with Gasteiger partial charge in [0.15, 0.2) is 5.58 Å². The highest BCUT2D eigenvalue weighted by Gasteiger charge is 2.24. The number of pyridine rings is 2. The van der Waals surface area contributed by atoms with E-state index in [0.29, 0.717) is 16.2 Å². The Morgan fingerprint density at radius 3 is 3.04 bits per heavy atom. The summed E-state index contributed by atoms with van der Waals surface area (Å²) in [7, 11) is 0. The summed E-state index contributed by atoms with van der Waals surface area (Å²) in [4.78, 5) is 23.4. The fourth-order valence-electron chi connectivity index (χ4n) is 3.37. The number of hydrogen-bond donors (Lipinski definition) is 3. The SMILES string of the molecule is Nc1oc2c(Cl)ccnc2c1C(=O)Nc1cnccc1N1CCCC(N)C1. The largest absolute Gasteiger partial charge is 0.437 e. The number of carbonyl (C=O) groups excluding carboxylic acids is 1. The van der Waals surface area contributed by atoms with Crippen LogP contribution in [0.4, 0.5) is 17.3 Å². The van der Waals surface area contributed by atoms with Gasteiger partial charge >= 0.3 is 0 Å². The molecule has 1 unspecified atom stereocenters. The lowest BCUT2D eigenvalue weighted by molar-refractivity contribution is 0.102. The second-order valence-electron chi connectivity index (χ2n) is 6.51. The molecule has 1 saturated heterocycles. The highest BCUT2D eigenvalue weighted by molar-refractivity contribution is 6.35. The Labute approximate surface area is 160 Å². The van der Waals surface area contributed by atoms with Crippen LogP contribution in [0.2, 0.25) is 5.02 Å². The fourth-order valence-corrected chi connectivity index (χ4v) is 3.55. The number of nitrogen functional groups attached to an aromatic ring is 1. The quantitative estimate of drug-likeness (QED) is 0.632. The van der Waals surface area contributed by atoms with E-state index in [-0.39, 0.29) is 23.1 Å². The van der Waals surface area contributed by atoms with Crippen molar-refractivity contribution in [1.29, 1.82) is 0 Å². The maximum atomic E-state index is 12.9. The van der Waals surface area contributed by atoms with Crippen LogP contribution in [0.25, 0.3) is 11.1 Å². The van der Waals surface area contributed by atoms with Crippen LogP contribution in [0, 0.1) is 0 Å². The summed E-state index contributed by atoms with van der Waals surface area (Å²) in [6, 6.07) is 3.54. The highest BCUT2D eigenvalue weighted by Crippen LogP contribution is 2.33. The van der Waals surface area contributed by atoms with Gasteiger partial charge in [-0.3, -0.25) is 14.8 Å². The molecule has 140 valence electrons. The lowest BCUT2D eigenvalue weighted by Crippen LogP contribution is -2.43. The zero-order valence-electron chi connectivity index (χ0n) is 14.5. The van der Waals surface area contributed by atoms with Gasteiger partial charge in [0.05, 0.1) is 22.6 Å². The van der Waals surface area contributed by atoms with Crippen molar-refractivity contribution in [2.45, 2.75) is 18.9 Å². The molecule has 0 bridgehead atoms. The summed E-state index contributed by atoms with van der Waals surface area (Å²) in [6.07, 6.45) is 6.78. The molecule has 1 aliphatic heterocycles. The average Bonchev–Trinajstić information content (AvgIpc) is 2.99. The molecule has 0 spiro atoms. The lowest BCUT2D eigenvalue weighted by Gasteiger charge is -2.33. The highest BCUT2D eigenvalue weighted by atomic mass is 35.5. The number of piperidine rings is 1. The van der Waals surface area contributed by atoms with E-state index in [4.69, 9.17) is 27.5 Å². The Hall–Kier alpha value is -2.84. The van der Waals surface area contributed by atoms with Gasteiger partial charge in [0.25, 0.3) is 5.91 Å². The average molecular weight is 387 g/mol. The van der Waals surface area contributed by atoms with Crippen LogP contribution in [-0.2, 0) is 0 Å². The molecule has 0 aliphatic carbocycles. The Morgan fingerprint density at radius 2 is 2.22 bits per heavy atom. The van der Waals surface area contributed by atoms with Gasteiger partial charge in [-0.25, -0.2) is 0 Å². The van der Waals surface area contributed by atoms with Crippen LogP contribution in [0.1, 0.15) is 23.2 Å². The molecule has 1 atom stereocenters. The van der Waals surface area contributed by atoms with Crippen molar-refractivity contribution in [2.75, 3.05) is 29.0 Å². The Morgan fingerprint density at radius 1 is 1.37 bits per heavy atom. The first-order valence-corrected chi connectivity index (χ1v) is 9.00. The molecule has 27 heavy (non-hydrogen) atoms. The molecule has 1 fully saturated rings. The smallest absolute Gasteiger partial charge is 0.263 e.